The van der Waals surface area contributed by atoms with Gasteiger partial charge < -0.3 is 0 Å². The molecule has 0 aromatic carbocycles. The number of allylic oxidation sites excluding steroid dienone is 1. The normalized spacial score (nSPS) is 5.71. The highest BCUT2D eigenvalue weighted by molar-refractivity contribution is 5.85. The van der Waals surface area contributed by atoms with Gasteiger partial charge in [0.25, 0.3) is 0 Å². The third-order valence-electron chi connectivity index (χ3n) is 0.585. The Bertz CT molecular complexity index is 90.7. The Morgan fingerprint density at radius 2 is 2.29 bits per heavy atom. The summed E-state index contributed by atoms with van der Waals surface area (Å²) in [5, 5.41) is 7.99. The minimum Gasteiger partial charge on any atom is -0.193 e. The van der Waals surface area contributed by atoms with E-state index in [4.69, 9.17) is 5.26 Å². The van der Waals surface area contributed by atoms with Gasteiger partial charge in [-0.2, -0.15) is 5.26 Å². The fourth-order valence-electron chi connectivity index (χ4n) is 0.0791. The van der Waals surface area contributed by atoms with Gasteiger partial charge in [-0.05, 0) is 6.42 Å². The molecule has 0 aromatic heterocycles. The lowest BCUT2D eigenvalue weighted by Gasteiger charge is -1.76. The second-order valence-corrected chi connectivity index (χ2v) is 1.07. The molecule has 0 aliphatic heterocycles. The summed E-state index contributed by atoms with van der Waals surface area (Å²) in [5.41, 5.74) is 0.648. The first kappa shape index (κ1) is 9.72. The van der Waals surface area contributed by atoms with Crippen molar-refractivity contribution in [3.63, 3.8) is 0 Å². The van der Waals surface area contributed by atoms with Crippen molar-refractivity contribution >= 4 is 12.4 Å². The average Bonchev–Trinajstić information content (AvgIpc) is 1.65. The quantitative estimate of drug-likeness (QED) is 0.482. The number of rotatable bonds is 1. The minimum atomic E-state index is 0. The van der Waals surface area contributed by atoms with E-state index in [0.29, 0.717) is 5.57 Å². The predicted molar refractivity (Wildman–Crippen MR) is 32.3 cm³/mol. The lowest BCUT2D eigenvalue weighted by Crippen LogP contribution is -1.64. The minimum absolute atomic E-state index is 0. The molecule has 2 heteroatoms. The molecule has 0 aromatic rings. The largest absolute Gasteiger partial charge is 0.193 e. The van der Waals surface area contributed by atoms with Gasteiger partial charge >= 0.3 is 0 Å². The Hall–Kier alpha value is -0.480. The molecule has 7 heavy (non-hydrogen) atoms. The van der Waals surface area contributed by atoms with Gasteiger partial charge in [0, 0.05) is 5.57 Å². The molecule has 0 bridgehead atoms. The summed E-state index contributed by atoms with van der Waals surface area (Å²) >= 11 is 0. The SMILES string of the molecule is C=C(C#N)CC.Cl. The lowest BCUT2D eigenvalue weighted by atomic mass is 10.3. The summed E-state index contributed by atoms with van der Waals surface area (Å²) in [7, 11) is 0. The van der Waals surface area contributed by atoms with E-state index in [-0.39, 0.29) is 12.4 Å². The van der Waals surface area contributed by atoms with Crippen LogP contribution in [-0.2, 0) is 0 Å². The summed E-state index contributed by atoms with van der Waals surface area (Å²) < 4.78 is 0. The molecule has 0 rings (SSSR count). The van der Waals surface area contributed by atoms with Crippen molar-refractivity contribution in [3.8, 4) is 6.07 Å². The second-order valence-electron chi connectivity index (χ2n) is 1.07. The number of hydrogen-bond donors (Lipinski definition) is 0. The Balaban J connectivity index is 0. The van der Waals surface area contributed by atoms with Crippen LogP contribution in [0.2, 0.25) is 0 Å². The molecule has 0 atom stereocenters. The first-order valence-corrected chi connectivity index (χ1v) is 1.89. The van der Waals surface area contributed by atoms with Gasteiger partial charge in [-0.15, -0.1) is 12.4 Å². The van der Waals surface area contributed by atoms with Crippen LogP contribution in [0.4, 0.5) is 0 Å². The van der Waals surface area contributed by atoms with Crippen LogP contribution in [-0.4, -0.2) is 0 Å². The van der Waals surface area contributed by atoms with E-state index in [0.717, 1.165) is 6.42 Å². The Kier molecular flexibility index (Phi) is 7.67. The highest BCUT2D eigenvalue weighted by Gasteiger charge is 1.77. The molecule has 0 N–H and O–H groups in total. The number of nitriles is 1. The molecule has 0 spiro atoms. The summed E-state index contributed by atoms with van der Waals surface area (Å²) in [6, 6.07) is 1.92. The highest BCUT2D eigenvalue weighted by atomic mass is 35.5. The van der Waals surface area contributed by atoms with Gasteiger partial charge in [-0.25, -0.2) is 0 Å². The molecule has 40 valence electrons. The van der Waals surface area contributed by atoms with Gasteiger partial charge in [0.05, 0.1) is 6.07 Å². The van der Waals surface area contributed by atoms with E-state index >= 15 is 0 Å². The maximum Gasteiger partial charge on any atom is 0.0940 e. The van der Waals surface area contributed by atoms with Crippen molar-refractivity contribution in [2.24, 2.45) is 0 Å². The molecule has 0 heterocycles. The topological polar surface area (TPSA) is 23.8 Å². The predicted octanol–water partition coefficient (Wildman–Crippen LogP) is 1.90. The summed E-state index contributed by atoms with van der Waals surface area (Å²) in [6.45, 7) is 5.34. The van der Waals surface area contributed by atoms with Crippen molar-refractivity contribution in [1.29, 1.82) is 5.26 Å². The third-order valence-corrected chi connectivity index (χ3v) is 0.585. The van der Waals surface area contributed by atoms with E-state index in [1.165, 1.54) is 0 Å². The molecular formula is C5H8ClN. The lowest BCUT2D eigenvalue weighted by molar-refractivity contribution is 1.16. The van der Waals surface area contributed by atoms with Crippen LogP contribution in [0.15, 0.2) is 12.2 Å². The number of nitrogens with zero attached hydrogens (tertiary/aromatic N) is 1. The van der Waals surface area contributed by atoms with E-state index in [9.17, 15) is 0 Å². The van der Waals surface area contributed by atoms with Crippen molar-refractivity contribution in [1.82, 2.24) is 0 Å². The van der Waals surface area contributed by atoms with Gasteiger partial charge in [0.2, 0.25) is 0 Å². The number of halogens is 1. The summed E-state index contributed by atoms with van der Waals surface area (Å²) in [4.78, 5) is 0. The molecule has 1 nitrogen and oxygen atoms in total. The molecular weight excluding hydrogens is 110 g/mol. The van der Waals surface area contributed by atoms with Crippen molar-refractivity contribution in [2.75, 3.05) is 0 Å². The van der Waals surface area contributed by atoms with Crippen LogP contribution in [0.3, 0.4) is 0 Å². The molecule has 0 saturated heterocycles. The Labute approximate surface area is 50.1 Å². The first-order chi connectivity index (χ1) is 2.81. The molecule has 0 aliphatic rings. The standard InChI is InChI=1S/C5H7N.ClH/c1-3-5(2)4-6;/h2-3H2,1H3;1H. The zero-order chi connectivity index (χ0) is 4.99. The van der Waals surface area contributed by atoms with Gasteiger partial charge in [-0.3, -0.25) is 0 Å². The molecule has 0 fully saturated rings. The maximum atomic E-state index is 7.99. The van der Waals surface area contributed by atoms with Crippen molar-refractivity contribution in [3.05, 3.63) is 12.2 Å². The van der Waals surface area contributed by atoms with Crippen LogP contribution in [0.1, 0.15) is 13.3 Å². The van der Waals surface area contributed by atoms with Gasteiger partial charge in [0.1, 0.15) is 0 Å². The average molecular weight is 118 g/mol. The highest BCUT2D eigenvalue weighted by Crippen LogP contribution is 1.89. The fourth-order valence-corrected chi connectivity index (χ4v) is 0.0791. The number of hydrogen-bond acceptors (Lipinski definition) is 1. The maximum absolute atomic E-state index is 7.99. The first-order valence-electron chi connectivity index (χ1n) is 1.89. The monoisotopic (exact) mass is 117 g/mol. The van der Waals surface area contributed by atoms with E-state index < -0.39 is 0 Å². The summed E-state index contributed by atoms with van der Waals surface area (Å²) in [5.74, 6) is 0. The van der Waals surface area contributed by atoms with Crippen LogP contribution < -0.4 is 0 Å². The van der Waals surface area contributed by atoms with E-state index in [2.05, 4.69) is 6.58 Å². The smallest absolute Gasteiger partial charge is 0.0940 e. The Morgan fingerprint density at radius 3 is 2.29 bits per heavy atom. The Morgan fingerprint density at radius 1 is 1.86 bits per heavy atom. The van der Waals surface area contributed by atoms with Crippen molar-refractivity contribution < 1.29 is 0 Å². The summed E-state index contributed by atoms with van der Waals surface area (Å²) in [6.07, 6.45) is 0.774. The van der Waals surface area contributed by atoms with Crippen molar-refractivity contribution in [2.45, 2.75) is 13.3 Å². The van der Waals surface area contributed by atoms with Crippen LogP contribution in [0, 0.1) is 11.3 Å². The zero-order valence-electron chi connectivity index (χ0n) is 4.27. The molecule has 0 unspecified atom stereocenters. The van der Waals surface area contributed by atoms with Crippen LogP contribution >= 0.6 is 12.4 Å². The molecule has 0 saturated carbocycles. The second kappa shape index (κ2) is 5.52. The molecule has 0 radical (unpaired) electrons. The third kappa shape index (κ3) is 5.52. The van der Waals surface area contributed by atoms with E-state index in [1.807, 2.05) is 13.0 Å². The van der Waals surface area contributed by atoms with Crippen LogP contribution in [0.25, 0.3) is 0 Å². The zero-order valence-corrected chi connectivity index (χ0v) is 5.09. The molecule has 0 amide bonds. The van der Waals surface area contributed by atoms with Gasteiger partial charge in [0.15, 0.2) is 0 Å². The molecule has 0 aliphatic carbocycles. The van der Waals surface area contributed by atoms with E-state index in [1.54, 1.807) is 0 Å². The van der Waals surface area contributed by atoms with Crippen LogP contribution in [0.5, 0.6) is 0 Å². The fraction of sp³-hybridized carbons (Fsp3) is 0.400. The van der Waals surface area contributed by atoms with Gasteiger partial charge in [-0.1, -0.05) is 13.5 Å².